The number of hydrogen-bond acceptors (Lipinski definition) is 3. The fraction of sp³-hybridized carbons (Fsp3) is 0.571. The highest BCUT2D eigenvalue weighted by molar-refractivity contribution is 7.92. The molecule has 0 heterocycles. The summed E-state index contributed by atoms with van der Waals surface area (Å²) >= 11 is 0. The minimum absolute atomic E-state index is 0.223. The molecular weight excluding hydrogens is 246 g/mol. The Labute approximate surface area is 109 Å². The van der Waals surface area contributed by atoms with Crippen LogP contribution in [0, 0.1) is 6.92 Å². The minimum atomic E-state index is -3.28. The molecule has 1 saturated carbocycles. The van der Waals surface area contributed by atoms with Crippen molar-refractivity contribution in [1.29, 1.82) is 0 Å². The van der Waals surface area contributed by atoms with Crippen LogP contribution in [0.15, 0.2) is 29.2 Å². The quantitative estimate of drug-likeness (QED) is 0.837. The molecule has 0 aromatic heterocycles. The van der Waals surface area contributed by atoms with Gasteiger partial charge in [-0.2, -0.15) is 0 Å². The average Bonchev–Trinajstić information content (AvgIpc) is 2.55. The number of benzene rings is 1. The first kappa shape index (κ1) is 13.6. The van der Waals surface area contributed by atoms with Gasteiger partial charge >= 0.3 is 0 Å². The van der Waals surface area contributed by atoms with Gasteiger partial charge in [0.05, 0.1) is 10.1 Å². The predicted molar refractivity (Wildman–Crippen MR) is 73.2 cm³/mol. The van der Waals surface area contributed by atoms with Gasteiger partial charge in [0.15, 0.2) is 9.84 Å². The number of nitrogens with two attached hydrogens (primary N) is 1. The summed E-state index contributed by atoms with van der Waals surface area (Å²) < 4.78 is 25.2. The predicted octanol–water partition coefficient (Wildman–Crippen LogP) is 2.43. The van der Waals surface area contributed by atoms with Gasteiger partial charge in [-0.25, -0.2) is 8.42 Å². The van der Waals surface area contributed by atoms with Crippen molar-refractivity contribution in [2.45, 2.75) is 55.2 Å². The lowest BCUT2D eigenvalue weighted by Gasteiger charge is -2.21. The maximum Gasteiger partial charge on any atom is 0.182 e. The van der Waals surface area contributed by atoms with Crippen molar-refractivity contribution in [2.24, 2.45) is 5.73 Å². The topological polar surface area (TPSA) is 60.2 Å². The number of rotatable bonds is 2. The van der Waals surface area contributed by atoms with Gasteiger partial charge in [-0.1, -0.05) is 37.0 Å². The first-order valence-electron chi connectivity index (χ1n) is 6.58. The Hall–Kier alpha value is -0.870. The highest BCUT2D eigenvalue weighted by atomic mass is 32.2. The standard InChI is InChI=1S/C14H21NO2S/c1-11-7-9-12(10-8-11)18(16,17)14-6-4-2-3-5-13(14)15/h7-10,13-14H,2-6,15H2,1H3. The van der Waals surface area contributed by atoms with E-state index < -0.39 is 15.1 Å². The number of sulfone groups is 1. The number of hydrogen-bond donors (Lipinski definition) is 1. The maximum atomic E-state index is 12.6. The molecule has 1 aromatic rings. The Balaban J connectivity index is 2.31. The van der Waals surface area contributed by atoms with Gasteiger partial charge in [0, 0.05) is 6.04 Å². The lowest BCUT2D eigenvalue weighted by atomic mass is 10.1. The van der Waals surface area contributed by atoms with Crippen LogP contribution in [0.3, 0.4) is 0 Å². The summed E-state index contributed by atoms with van der Waals surface area (Å²) in [4.78, 5) is 0.412. The van der Waals surface area contributed by atoms with Gasteiger partial charge < -0.3 is 5.73 Å². The summed E-state index contributed by atoms with van der Waals surface area (Å²) in [6.07, 6.45) is 4.60. The lowest BCUT2D eigenvalue weighted by Crippen LogP contribution is -2.39. The molecule has 0 bridgehead atoms. The van der Waals surface area contributed by atoms with Crippen molar-refractivity contribution in [2.75, 3.05) is 0 Å². The Morgan fingerprint density at radius 3 is 2.33 bits per heavy atom. The minimum Gasteiger partial charge on any atom is -0.327 e. The Morgan fingerprint density at radius 2 is 1.67 bits per heavy atom. The van der Waals surface area contributed by atoms with E-state index in [1.807, 2.05) is 19.1 Å². The molecule has 4 heteroatoms. The second-order valence-corrected chi connectivity index (χ2v) is 7.37. The van der Waals surface area contributed by atoms with Crippen molar-refractivity contribution in [3.63, 3.8) is 0 Å². The van der Waals surface area contributed by atoms with Crippen LogP contribution < -0.4 is 5.73 Å². The molecule has 1 fully saturated rings. The molecule has 1 aliphatic carbocycles. The van der Waals surface area contributed by atoms with Crippen LogP contribution in [0.25, 0.3) is 0 Å². The highest BCUT2D eigenvalue weighted by Crippen LogP contribution is 2.27. The summed E-state index contributed by atoms with van der Waals surface area (Å²) in [7, 11) is -3.28. The lowest BCUT2D eigenvalue weighted by molar-refractivity contribution is 0.531. The van der Waals surface area contributed by atoms with E-state index in [0.717, 1.165) is 31.2 Å². The van der Waals surface area contributed by atoms with Crippen LogP contribution in [0.1, 0.15) is 37.7 Å². The van der Waals surface area contributed by atoms with Crippen LogP contribution in [0.5, 0.6) is 0 Å². The molecule has 0 radical (unpaired) electrons. The van der Waals surface area contributed by atoms with Crippen molar-refractivity contribution in [3.8, 4) is 0 Å². The summed E-state index contributed by atoms with van der Waals surface area (Å²) in [6.45, 7) is 1.95. The second kappa shape index (κ2) is 5.41. The monoisotopic (exact) mass is 267 g/mol. The van der Waals surface area contributed by atoms with E-state index in [4.69, 9.17) is 5.73 Å². The molecule has 100 valence electrons. The van der Waals surface area contributed by atoms with Gasteiger partial charge in [-0.3, -0.25) is 0 Å². The SMILES string of the molecule is Cc1ccc(S(=O)(=O)C2CCCCCC2N)cc1. The third-order valence-corrected chi connectivity index (χ3v) is 6.06. The van der Waals surface area contributed by atoms with E-state index in [9.17, 15) is 8.42 Å². The molecule has 2 atom stereocenters. The van der Waals surface area contributed by atoms with Gasteiger partial charge in [0.2, 0.25) is 0 Å². The summed E-state index contributed by atoms with van der Waals surface area (Å²) in [6, 6.07) is 6.85. The fourth-order valence-electron chi connectivity index (χ4n) is 2.59. The van der Waals surface area contributed by atoms with Crippen LogP contribution >= 0.6 is 0 Å². The third kappa shape index (κ3) is 2.75. The smallest absolute Gasteiger partial charge is 0.182 e. The Morgan fingerprint density at radius 1 is 1.06 bits per heavy atom. The Kier molecular flexibility index (Phi) is 4.07. The molecule has 0 amide bonds. The van der Waals surface area contributed by atoms with Crippen molar-refractivity contribution in [1.82, 2.24) is 0 Å². The normalized spacial score (nSPS) is 25.7. The zero-order valence-corrected chi connectivity index (χ0v) is 11.6. The molecule has 2 N–H and O–H groups in total. The second-order valence-electron chi connectivity index (χ2n) is 5.20. The zero-order valence-electron chi connectivity index (χ0n) is 10.8. The first-order valence-corrected chi connectivity index (χ1v) is 8.12. The van der Waals surface area contributed by atoms with E-state index in [1.54, 1.807) is 12.1 Å². The van der Waals surface area contributed by atoms with E-state index >= 15 is 0 Å². The zero-order chi connectivity index (χ0) is 13.2. The van der Waals surface area contributed by atoms with Crippen LogP contribution in [-0.4, -0.2) is 19.7 Å². The molecule has 3 nitrogen and oxygen atoms in total. The van der Waals surface area contributed by atoms with Crippen molar-refractivity contribution >= 4 is 9.84 Å². The first-order chi connectivity index (χ1) is 8.51. The van der Waals surface area contributed by atoms with Gasteiger partial charge in [0.25, 0.3) is 0 Å². The molecule has 18 heavy (non-hydrogen) atoms. The highest BCUT2D eigenvalue weighted by Gasteiger charge is 2.33. The molecule has 2 unspecified atom stereocenters. The van der Waals surface area contributed by atoms with Crippen LogP contribution in [0.4, 0.5) is 0 Å². The average molecular weight is 267 g/mol. The molecule has 0 spiro atoms. The van der Waals surface area contributed by atoms with Gasteiger partial charge in [-0.05, 0) is 31.9 Å². The molecule has 0 aliphatic heterocycles. The van der Waals surface area contributed by atoms with E-state index in [-0.39, 0.29) is 6.04 Å². The molecule has 1 aromatic carbocycles. The molecule has 1 aliphatic rings. The largest absolute Gasteiger partial charge is 0.327 e. The number of aryl methyl sites for hydroxylation is 1. The van der Waals surface area contributed by atoms with Crippen LogP contribution in [-0.2, 0) is 9.84 Å². The molecular formula is C14H21NO2S. The van der Waals surface area contributed by atoms with Crippen molar-refractivity contribution < 1.29 is 8.42 Å². The summed E-state index contributed by atoms with van der Waals surface area (Å²) in [5.41, 5.74) is 7.12. The van der Waals surface area contributed by atoms with E-state index in [0.29, 0.717) is 11.3 Å². The van der Waals surface area contributed by atoms with E-state index in [1.165, 1.54) is 0 Å². The summed E-state index contributed by atoms with van der Waals surface area (Å²) in [5.74, 6) is 0. The fourth-order valence-corrected chi connectivity index (χ4v) is 4.53. The third-order valence-electron chi connectivity index (χ3n) is 3.75. The Bertz CT molecular complexity index is 493. The van der Waals surface area contributed by atoms with Gasteiger partial charge in [0.1, 0.15) is 0 Å². The van der Waals surface area contributed by atoms with Gasteiger partial charge in [-0.15, -0.1) is 0 Å². The maximum absolute atomic E-state index is 12.6. The molecule has 0 saturated heterocycles. The van der Waals surface area contributed by atoms with Crippen LogP contribution in [0.2, 0.25) is 0 Å². The van der Waals surface area contributed by atoms with Crippen molar-refractivity contribution in [3.05, 3.63) is 29.8 Å². The summed E-state index contributed by atoms with van der Waals surface area (Å²) in [5, 5.41) is -0.414. The molecule has 2 rings (SSSR count). The van der Waals surface area contributed by atoms with E-state index in [2.05, 4.69) is 0 Å².